The summed E-state index contributed by atoms with van der Waals surface area (Å²) in [6, 6.07) is 2.16. The Morgan fingerprint density at radius 2 is 2.22 bits per heavy atom. The van der Waals surface area contributed by atoms with E-state index >= 15 is 0 Å². The molecular formula is C12H15Br2N3O. The zero-order valence-electron chi connectivity index (χ0n) is 10.5. The molecule has 1 N–H and O–H groups in total. The van der Waals surface area contributed by atoms with E-state index in [4.69, 9.17) is 4.42 Å². The van der Waals surface area contributed by atoms with Gasteiger partial charge in [0.25, 0.3) is 0 Å². The van der Waals surface area contributed by atoms with Gasteiger partial charge in [0.05, 0.1) is 22.1 Å². The van der Waals surface area contributed by atoms with Gasteiger partial charge in [0, 0.05) is 25.1 Å². The van der Waals surface area contributed by atoms with E-state index in [0.29, 0.717) is 0 Å². The number of furan rings is 1. The van der Waals surface area contributed by atoms with Crippen molar-refractivity contribution >= 4 is 31.9 Å². The van der Waals surface area contributed by atoms with E-state index < -0.39 is 0 Å². The normalized spacial score (nSPS) is 12.9. The number of hydrogen-bond acceptors (Lipinski definition) is 3. The van der Waals surface area contributed by atoms with Crippen LogP contribution in [0.3, 0.4) is 0 Å². The molecule has 2 aromatic heterocycles. The highest BCUT2D eigenvalue weighted by Crippen LogP contribution is 2.30. The first-order chi connectivity index (χ1) is 8.54. The van der Waals surface area contributed by atoms with Crippen molar-refractivity contribution in [3.05, 3.63) is 38.4 Å². The largest absolute Gasteiger partial charge is 0.457 e. The van der Waals surface area contributed by atoms with Crippen molar-refractivity contribution in [1.29, 1.82) is 0 Å². The van der Waals surface area contributed by atoms with Gasteiger partial charge in [-0.05, 0) is 51.9 Å². The number of aryl methyl sites for hydroxylation is 2. The number of nitrogens with zero attached hydrogens (tertiary/aromatic N) is 2. The van der Waals surface area contributed by atoms with Crippen LogP contribution < -0.4 is 5.32 Å². The van der Waals surface area contributed by atoms with E-state index in [-0.39, 0.29) is 6.04 Å². The van der Waals surface area contributed by atoms with Gasteiger partial charge in [-0.25, -0.2) is 0 Å². The molecule has 0 bridgehead atoms. The van der Waals surface area contributed by atoms with E-state index in [9.17, 15) is 0 Å². The molecule has 2 aromatic rings. The van der Waals surface area contributed by atoms with Crippen molar-refractivity contribution < 1.29 is 4.42 Å². The third kappa shape index (κ3) is 2.55. The van der Waals surface area contributed by atoms with Crippen LogP contribution in [0, 0.1) is 6.92 Å². The molecule has 0 aliphatic carbocycles. The molecule has 0 spiro atoms. The van der Waals surface area contributed by atoms with Gasteiger partial charge in [0.2, 0.25) is 0 Å². The summed E-state index contributed by atoms with van der Waals surface area (Å²) in [5.41, 5.74) is 3.29. The molecule has 2 rings (SSSR count). The summed E-state index contributed by atoms with van der Waals surface area (Å²) in [5.74, 6) is 0. The number of rotatable bonds is 4. The second-order valence-corrected chi connectivity index (χ2v) is 5.68. The average Bonchev–Trinajstić information content (AvgIpc) is 2.84. The second kappa shape index (κ2) is 5.59. The van der Waals surface area contributed by atoms with Gasteiger partial charge in [-0.1, -0.05) is 0 Å². The monoisotopic (exact) mass is 375 g/mol. The smallest absolute Gasteiger partial charge is 0.173 e. The lowest BCUT2D eigenvalue weighted by molar-refractivity contribution is 0.511. The van der Waals surface area contributed by atoms with Crippen LogP contribution in [-0.2, 0) is 13.5 Å². The average molecular weight is 377 g/mol. The fourth-order valence-corrected chi connectivity index (χ4v) is 3.03. The minimum Gasteiger partial charge on any atom is -0.457 e. The van der Waals surface area contributed by atoms with Gasteiger partial charge in [0.1, 0.15) is 0 Å². The Bertz CT molecular complexity index is 548. The van der Waals surface area contributed by atoms with Gasteiger partial charge >= 0.3 is 0 Å². The predicted molar refractivity (Wildman–Crippen MR) is 77.6 cm³/mol. The molecule has 0 aromatic carbocycles. The molecule has 0 aliphatic heterocycles. The Balaban J connectivity index is 2.29. The molecule has 0 saturated carbocycles. The Morgan fingerprint density at radius 3 is 2.67 bits per heavy atom. The third-order valence-corrected chi connectivity index (χ3v) is 4.71. The standard InChI is InChI=1S/C12H15Br2N3O/c1-7-11(13)10(17(3)16-7)6-9(15-2)8-4-5-18-12(8)14/h4-5,9,15H,6H2,1-3H3. The lowest BCUT2D eigenvalue weighted by atomic mass is 10.1. The molecule has 0 amide bonds. The van der Waals surface area contributed by atoms with Gasteiger partial charge in [-0.15, -0.1) is 0 Å². The molecule has 4 nitrogen and oxygen atoms in total. The quantitative estimate of drug-likeness (QED) is 0.889. The van der Waals surface area contributed by atoms with E-state index in [0.717, 1.165) is 26.8 Å². The highest BCUT2D eigenvalue weighted by molar-refractivity contribution is 9.10. The zero-order valence-corrected chi connectivity index (χ0v) is 13.7. The maximum Gasteiger partial charge on any atom is 0.173 e. The second-order valence-electron chi connectivity index (χ2n) is 4.16. The van der Waals surface area contributed by atoms with E-state index in [2.05, 4.69) is 42.3 Å². The summed E-state index contributed by atoms with van der Waals surface area (Å²) < 4.78 is 9.06. The van der Waals surface area contributed by atoms with E-state index in [1.54, 1.807) is 6.26 Å². The third-order valence-electron chi connectivity index (χ3n) is 3.03. The summed E-state index contributed by atoms with van der Waals surface area (Å²) in [4.78, 5) is 0. The van der Waals surface area contributed by atoms with Crippen molar-refractivity contribution in [3.8, 4) is 0 Å². The van der Waals surface area contributed by atoms with Crippen LogP contribution in [-0.4, -0.2) is 16.8 Å². The van der Waals surface area contributed by atoms with Crippen molar-refractivity contribution in [2.75, 3.05) is 7.05 Å². The summed E-state index contributed by atoms with van der Waals surface area (Å²) in [6.45, 7) is 2.00. The van der Waals surface area contributed by atoms with Crippen molar-refractivity contribution in [2.24, 2.45) is 7.05 Å². The molecule has 2 heterocycles. The Kier molecular flexibility index (Phi) is 4.29. The molecule has 0 aliphatic rings. The number of likely N-dealkylation sites (N-methyl/N-ethyl adjacent to an activating group) is 1. The topological polar surface area (TPSA) is 43.0 Å². The maximum absolute atomic E-state index is 5.29. The lowest BCUT2D eigenvalue weighted by Crippen LogP contribution is -2.20. The summed E-state index contributed by atoms with van der Waals surface area (Å²) >= 11 is 7.02. The van der Waals surface area contributed by atoms with Crippen molar-refractivity contribution in [2.45, 2.75) is 19.4 Å². The summed E-state index contributed by atoms with van der Waals surface area (Å²) in [5, 5.41) is 7.71. The van der Waals surface area contributed by atoms with E-state index in [1.807, 2.05) is 31.8 Å². The van der Waals surface area contributed by atoms with Crippen LogP contribution in [0.25, 0.3) is 0 Å². The number of hydrogen-bond donors (Lipinski definition) is 1. The van der Waals surface area contributed by atoms with Crippen LogP contribution in [0.4, 0.5) is 0 Å². The summed E-state index contributed by atoms with van der Waals surface area (Å²) in [7, 11) is 3.91. The SMILES string of the molecule is CNC(Cc1c(Br)c(C)nn1C)c1ccoc1Br. The molecule has 1 unspecified atom stereocenters. The van der Waals surface area contributed by atoms with Crippen molar-refractivity contribution in [1.82, 2.24) is 15.1 Å². The van der Waals surface area contributed by atoms with Gasteiger partial charge < -0.3 is 9.73 Å². The van der Waals surface area contributed by atoms with Crippen LogP contribution in [0.5, 0.6) is 0 Å². The maximum atomic E-state index is 5.29. The highest BCUT2D eigenvalue weighted by atomic mass is 79.9. The van der Waals surface area contributed by atoms with Gasteiger partial charge in [-0.2, -0.15) is 5.10 Å². The van der Waals surface area contributed by atoms with Gasteiger partial charge in [0.15, 0.2) is 4.67 Å². The molecule has 18 heavy (non-hydrogen) atoms. The number of aromatic nitrogens is 2. The molecule has 1 atom stereocenters. The molecular weight excluding hydrogens is 362 g/mol. The zero-order chi connectivity index (χ0) is 13.3. The molecule has 0 saturated heterocycles. The van der Waals surface area contributed by atoms with Crippen LogP contribution >= 0.6 is 31.9 Å². The molecule has 98 valence electrons. The Morgan fingerprint density at radius 1 is 1.50 bits per heavy atom. The minimum atomic E-state index is 0.184. The number of nitrogens with one attached hydrogen (secondary N) is 1. The van der Waals surface area contributed by atoms with E-state index in [1.165, 1.54) is 5.69 Å². The lowest BCUT2D eigenvalue weighted by Gasteiger charge is -2.15. The molecule has 0 fully saturated rings. The van der Waals surface area contributed by atoms with Crippen LogP contribution in [0.15, 0.2) is 25.9 Å². The Hall–Kier alpha value is -0.590. The first-order valence-corrected chi connectivity index (χ1v) is 7.21. The fraction of sp³-hybridized carbons (Fsp3) is 0.417. The summed E-state index contributed by atoms with van der Waals surface area (Å²) in [6.07, 6.45) is 2.53. The minimum absolute atomic E-state index is 0.184. The fourth-order valence-electron chi connectivity index (χ4n) is 2.02. The molecule has 6 heteroatoms. The van der Waals surface area contributed by atoms with Gasteiger partial charge in [-0.3, -0.25) is 4.68 Å². The van der Waals surface area contributed by atoms with Crippen LogP contribution in [0.2, 0.25) is 0 Å². The highest BCUT2D eigenvalue weighted by Gasteiger charge is 2.20. The molecule has 0 radical (unpaired) electrons. The first-order valence-electron chi connectivity index (χ1n) is 5.62. The number of halogens is 2. The Labute approximate surface area is 123 Å². The predicted octanol–water partition coefficient (Wildman–Crippen LogP) is 3.35. The van der Waals surface area contributed by atoms with Crippen molar-refractivity contribution in [3.63, 3.8) is 0 Å². The first kappa shape index (κ1) is 13.8. The van der Waals surface area contributed by atoms with Crippen LogP contribution in [0.1, 0.15) is 23.0 Å².